The fraction of sp³-hybridized carbons (Fsp3) is 0.462. The van der Waals surface area contributed by atoms with Crippen molar-refractivity contribution in [3.8, 4) is 0 Å². The fourth-order valence-electron chi connectivity index (χ4n) is 2.83. The van der Waals surface area contributed by atoms with E-state index in [1.807, 2.05) is 6.07 Å². The van der Waals surface area contributed by atoms with Crippen molar-refractivity contribution < 1.29 is 13.2 Å². The van der Waals surface area contributed by atoms with Gasteiger partial charge in [0.15, 0.2) is 0 Å². The zero-order chi connectivity index (χ0) is 15.0. The van der Waals surface area contributed by atoms with Gasteiger partial charge < -0.3 is 10.6 Å². The normalized spacial score (nSPS) is 21.4. The molecule has 1 aromatic carbocycles. The van der Waals surface area contributed by atoms with Crippen LogP contribution in [0.4, 0.5) is 11.4 Å². The molecule has 1 amide bonds. The number of carbonyl (C=O) groups excluding carboxylic acids is 1. The van der Waals surface area contributed by atoms with E-state index in [0.717, 1.165) is 24.9 Å². The number of hydrogen-bond acceptors (Lipinski definition) is 4. The number of carbonyl (C=O) groups is 1. The van der Waals surface area contributed by atoms with E-state index >= 15 is 0 Å². The molecule has 8 heteroatoms. The summed E-state index contributed by atoms with van der Waals surface area (Å²) in [4.78, 5) is 12.1. The third kappa shape index (κ3) is 2.87. The van der Waals surface area contributed by atoms with Crippen LogP contribution in [0.1, 0.15) is 18.4 Å². The largest absolute Gasteiger partial charge is 0.325 e. The van der Waals surface area contributed by atoms with Crippen molar-refractivity contribution in [2.24, 2.45) is 5.14 Å². The van der Waals surface area contributed by atoms with Gasteiger partial charge in [-0.2, -0.15) is 8.42 Å². The summed E-state index contributed by atoms with van der Waals surface area (Å²) < 4.78 is 24.3. The lowest BCUT2D eigenvalue weighted by Gasteiger charge is -2.17. The van der Waals surface area contributed by atoms with Crippen LogP contribution in [0.25, 0.3) is 0 Å². The van der Waals surface area contributed by atoms with Crippen LogP contribution in [-0.4, -0.2) is 33.5 Å². The van der Waals surface area contributed by atoms with Gasteiger partial charge in [0, 0.05) is 12.2 Å². The fourth-order valence-corrected chi connectivity index (χ4v) is 3.62. The van der Waals surface area contributed by atoms with Gasteiger partial charge in [-0.05, 0) is 43.5 Å². The lowest BCUT2D eigenvalue weighted by Crippen LogP contribution is -2.36. The average molecular weight is 310 g/mol. The number of fused-ring (bicyclic) bond motifs is 1. The Hall–Kier alpha value is -1.64. The van der Waals surface area contributed by atoms with E-state index in [9.17, 15) is 13.2 Å². The number of anilines is 2. The molecule has 0 saturated carbocycles. The molecular formula is C13H18N4O3S. The highest BCUT2D eigenvalue weighted by atomic mass is 32.2. The number of benzene rings is 1. The molecule has 1 unspecified atom stereocenters. The van der Waals surface area contributed by atoms with E-state index in [0.29, 0.717) is 24.3 Å². The number of amides is 1. The van der Waals surface area contributed by atoms with E-state index in [1.165, 1.54) is 4.31 Å². The van der Waals surface area contributed by atoms with Gasteiger partial charge in [-0.15, -0.1) is 0 Å². The third-order valence-corrected chi connectivity index (χ3v) is 4.88. The SMILES string of the molecule is NS(=O)(=O)N1CCc2ccc(NC(=O)C3CCCN3)cc21. The summed E-state index contributed by atoms with van der Waals surface area (Å²) in [6.07, 6.45) is 2.44. The summed E-state index contributed by atoms with van der Waals surface area (Å²) in [5.74, 6) is -0.0902. The van der Waals surface area contributed by atoms with Crippen molar-refractivity contribution in [3.63, 3.8) is 0 Å². The van der Waals surface area contributed by atoms with Crippen LogP contribution >= 0.6 is 0 Å². The van der Waals surface area contributed by atoms with E-state index in [1.54, 1.807) is 12.1 Å². The zero-order valence-electron chi connectivity index (χ0n) is 11.5. The van der Waals surface area contributed by atoms with Crippen LogP contribution in [0.15, 0.2) is 18.2 Å². The van der Waals surface area contributed by atoms with Crippen LogP contribution in [0.5, 0.6) is 0 Å². The molecule has 2 heterocycles. The van der Waals surface area contributed by atoms with Gasteiger partial charge >= 0.3 is 0 Å². The van der Waals surface area contributed by atoms with Gasteiger partial charge in [-0.3, -0.25) is 9.10 Å². The Bertz CT molecular complexity index is 668. The topological polar surface area (TPSA) is 105 Å². The predicted molar refractivity (Wildman–Crippen MR) is 80.3 cm³/mol. The second kappa shape index (κ2) is 5.28. The summed E-state index contributed by atoms with van der Waals surface area (Å²) >= 11 is 0. The maximum absolute atomic E-state index is 12.1. The maximum Gasteiger partial charge on any atom is 0.299 e. The molecule has 0 aliphatic carbocycles. The van der Waals surface area contributed by atoms with Crippen molar-refractivity contribution in [1.29, 1.82) is 0 Å². The Morgan fingerprint density at radius 1 is 1.43 bits per heavy atom. The molecule has 0 spiro atoms. The van der Waals surface area contributed by atoms with Crippen LogP contribution in [0.2, 0.25) is 0 Å². The first-order valence-corrected chi connectivity index (χ1v) is 8.43. The Morgan fingerprint density at radius 2 is 2.24 bits per heavy atom. The number of hydrogen-bond donors (Lipinski definition) is 3. The first-order valence-electron chi connectivity index (χ1n) is 6.93. The van der Waals surface area contributed by atoms with Crippen LogP contribution < -0.4 is 20.1 Å². The minimum atomic E-state index is -3.77. The second-order valence-electron chi connectivity index (χ2n) is 5.35. The molecule has 1 fully saturated rings. The molecule has 114 valence electrons. The van der Waals surface area contributed by atoms with Crippen molar-refractivity contribution >= 4 is 27.5 Å². The number of nitrogens with zero attached hydrogens (tertiary/aromatic N) is 1. The highest BCUT2D eigenvalue weighted by molar-refractivity contribution is 7.90. The molecule has 0 bridgehead atoms. The van der Waals surface area contributed by atoms with Gasteiger partial charge in [0.05, 0.1) is 11.7 Å². The Kier molecular flexibility index (Phi) is 3.60. The van der Waals surface area contributed by atoms with E-state index < -0.39 is 10.2 Å². The molecule has 1 aromatic rings. The number of nitrogens with two attached hydrogens (primary N) is 1. The second-order valence-corrected chi connectivity index (χ2v) is 6.82. The Labute approximate surface area is 123 Å². The minimum absolute atomic E-state index is 0.0902. The van der Waals surface area contributed by atoms with Crippen molar-refractivity contribution in [3.05, 3.63) is 23.8 Å². The summed E-state index contributed by atoms with van der Waals surface area (Å²) in [5, 5.41) is 11.2. The van der Waals surface area contributed by atoms with Crippen LogP contribution in [0.3, 0.4) is 0 Å². The van der Waals surface area contributed by atoms with Gasteiger partial charge in [-0.1, -0.05) is 6.07 Å². The molecule has 0 aromatic heterocycles. The van der Waals surface area contributed by atoms with Gasteiger partial charge in [0.1, 0.15) is 0 Å². The standard InChI is InChI=1S/C13H18N4O3S/c14-21(19,20)17-7-5-9-3-4-10(8-12(9)17)16-13(18)11-2-1-6-15-11/h3-4,8,11,15H,1-2,5-7H2,(H,16,18)(H2,14,19,20). The zero-order valence-corrected chi connectivity index (χ0v) is 12.3. The Morgan fingerprint density at radius 3 is 2.90 bits per heavy atom. The molecule has 4 N–H and O–H groups in total. The average Bonchev–Trinajstić information content (AvgIpc) is 3.06. The summed E-state index contributed by atoms with van der Waals surface area (Å²) in [5.41, 5.74) is 2.05. The molecular weight excluding hydrogens is 292 g/mol. The van der Waals surface area contributed by atoms with Crippen LogP contribution in [0, 0.1) is 0 Å². The van der Waals surface area contributed by atoms with E-state index in [2.05, 4.69) is 10.6 Å². The highest BCUT2D eigenvalue weighted by Crippen LogP contribution is 2.32. The van der Waals surface area contributed by atoms with E-state index in [-0.39, 0.29) is 11.9 Å². The first-order chi connectivity index (χ1) is 9.95. The van der Waals surface area contributed by atoms with Crippen molar-refractivity contribution in [2.45, 2.75) is 25.3 Å². The molecule has 7 nitrogen and oxygen atoms in total. The molecule has 3 rings (SSSR count). The molecule has 1 saturated heterocycles. The summed E-state index contributed by atoms with van der Waals surface area (Å²) in [7, 11) is -3.77. The van der Waals surface area contributed by atoms with Gasteiger partial charge in [-0.25, -0.2) is 5.14 Å². The molecule has 21 heavy (non-hydrogen) atoms. The van der Waals surface area contributed by atoms with Crippen molar-refractivity contribution in [1.82, 2.24) is 5.32 Å². The number of rotatable bonds is 3. The maximum atomic E-state index is 12.1. The molecule has 0 radical (unpaired) electrons. The molecule has 2 aliphatic rings. The Balaban J connectivity index is 1.81. The quantitative estimate of drug-likeness (QED) is 0.727. The first kappa shape index (κ1) is 14.3. The summed E-state index contributed by atoms with van der Waals surface area (Å²) in [6.45, 7) is 1.19. The highest BCUT2D eigenvalue weighted by Gasteiger charge is 2.27. The van der Waals surface area contributed by atoms with Crippen molar-refractivity contribution in [2.75, 3.05) is 22.7 Å². The third-order valence-electron chi connectivity index (χ3n) is 3.89. The van der Waals surface area contributed by atoms with Crippen LogP contribution in [-0.2, 0) is 21.4 Å². The lowest BCUT2D eigenvalue weighted by molar-refractivity contribution is -0.117. The van der Waals surface area contributed by atoms with Gasteiger partial charge in [0.2, 0.25) is 5.91 Å². The van der Waals surface area contributed by atoms with Gasteiger partial charge in [0.25, 0.3) is 10.2 Å². The molecule has 1 atom stereocenters. The smallest absolute Gasteiger partial charge is 0.299 e. The monoisotopic (exact) mass is 310 g/mol. The number of nitrogens with one attached hydrogen (secondary N) is 2. The predicted octanol–water partition coefficient (Wildman–Crippen LogP) is -0.0569. The van der Waals surface area contributed by atoms with E-state index in [4.69, 9.17) is 5.14 Å². The molecule has 2 aliphatic heterocycles. The summed E-state index contributed by atoms with van der Waals surface area (Å²) in [6, 6.07) is 5.11. The minimum Gasteiger partial charge on any atom is -0.325 e. The lowest BCUT2D eigenvalue weighted by atomic mass is 10.1.